The Kier molecular flexibility index (Phi) is 8.12. The smallest absolute Gasteiger partial charge is 0.257 e. The maximum absolute atomic E-state index is 11.7. The maximum atomic E-state index is 11.7. The molecular formula is C16H24ClNO2. The van der Waals surface area contributed by atoms with Crippen molar-refractivity contribution in [2.75, 3.05) is 13.2 Å². The minimum absolute atomic E-state index is 0.00788. The molecule has 0 spiro atoms. The lowest BCUT2D eigenvalue weighted by Crippen LogP contribution is -2.33. The van der Waals surface area contributed by atoms with E-state index in [0.29, 0.717) is 16.7 Å². The van der Waals surface area contributed by atoms with Crippen molar-refractivity contribution < 1.29 is 9.53 Å². The van der Waals surface area contributed by atoms with Crippen LogP contribution in [0.5, 0.6) is 5.75 Å². The van der Waals surface area contributed by atoms with Crippen LogP contribution in [0.4, 0.5) is 0 Å². The number of amides is 1. The summed E-state index contributed by atoms with van der Waals surface area (Å²) in [5.41, 5.74) is 0. The largest absolute Gasteiger partial charge is 0.482 e. The standard InChI is InChI=1S/C16H24ClNO2/c1-3-5-8-13(4-2)11-18-16(19)12-20-15-10-7-6-9-14(15)17/h6-7,9-10,13H,3-5,8,11-12H2,1-2H3,(H,18,19). The number of para-hydroxylation sites is 1. The van der Waals surface area contributed by atoms with Crippen LogP contribution in [0.2, 0.25) is 5.02 Å². The molecule has 1 aromatic carbocycles. The lowest BCUT2D eigenvalue weighted by molar-refractivity contribution is -0.123. The summed E-state index contributed by atoms with van der Waals surface area (Å²) < 4.78 is 5.40. The first-order valence-electron chi connectivity index (χ1n) is 7.31. The minimum atomic E-state index is -0.0973. The van der Waals surface area contributed by atoms with E-state index in [2.05, 4.69) is 19.2 Å². The van der Waals surface area contributed by atoms with Crippen LogP contribution >= 0.6 is 11.6 Å². The fourth-order valence-electron chi connectivity index (χ4n) is 1.96. The quantitative estimate of drug-likeness (QED) is 0.747. The third kappa shape index (κ3) is 6.29. The third-order valence-electron chi connectivity index (χ3n) is 3.33. The van der Waals surface area contributed by atoms with Crippen LogP contribution in [0.15, 0.2) is 24.3 Å². The van der Waals surface area contributed by atoms with Crippen LogP contribution in [-0.4, -0.2) is 19.1 Å². The van der Waals surface area contributed by atoms with Crippen LogP contribution in [0, 0.1) is 5.92 Å². The second-order valence-electron chi connectivity index (χ2n) is 4.94. The monoisotopic (exact) mass is 297 g/mol. The molecule has 0 bridgehead atoms. The van der Waals surface area contributed by atoms with Gasteiger partial charge in [0.05, 0.1) is 5.02 Å². The molecule has 0 heterocycles. The molecule has 1 unspecified atom stereocenters. The second kappa shape index (κ2) is 9.65. The first-order chi connectivity index (χ1) is 9.67. The van der Waals surface area contributed by atoms with Crippen molar-refractivity contribution in [1.29, 1.82) is 0 Å². The molecule has 0 saturated heterocycles. The van der Waals surface area contributed by atoms with Crippen molar-refractivity contribution in [3.05, 3.63) is 29.3 Å². The lowest BCUT2D eigenvalue weighted by Gasteiger charge is -2.15. The molecule has 1 rings (SSSR count). The Morgan fingerprint density at radius 3 is 2.75 bits per heavy atom. The van der Waals surface area contributed by atoms with Crippen molar-refractivity contribution in [2.45, 2.75) is 39.5 Å². The first-order valence-corrected chi connectivity index (χ1v) is 7.69. The van der Waals surface area contributed by atoms with Crippen molar-refractivity contribution >= 4 is 17.5 Å². The summed E-state index contributed by atoms with van der Waals surface area (Å²) in [5, 5.41) is 3.45. The van der Waals surface area contributed by atoms with Crippen LogP contribution in [-0.2, 0) is 4.79 Å². The highest BCUT2D eigenvalue weighted by Gasteiger charge is 2.09. The highest BCUT2D eigenvalue weighted by Crippen LogP contribution is 2.22. The molecule has 4 heteroatoms. The van der Waals surface area contributed by atoms with E-state index >= 15 is 0 Å². The molecule has 0 aliphatic rings. The zero-order valence-corrected chi connectivity index (χ0v) is 13.1. The van der Waals surface area contributed by atoms with Gasteiger partial charge < -0.3 is 10.1 Å². The average Bonchev–Trinajstić information content (AvgIpc) is 2.46. The molecule has 0 aromatic heterocycles. The number of benzene rings is 1. The van der Waals surface area contributed by atoms with E-state index in [4.69, 9.17) is 16.3 Å². The molecule has 20 heavy (non-hydrogen) atoms. The molecule has 1 atom stereocenters. The summed E-state index contributed by atoms with van der Waals surface area (Å²) in [7, 11) is 0. The number of halogens is 1. The number of nitrogens with one attached hydrogen (secondary N) is 1. The molecule has 0 fully saturated rings. The molecule has 3 nitrogen and oxygen atoms in total. The summed E-state index contributed by atoms with van der Waals surface area (Å²) in [5.74, 6) is 1.00. The molecule has 1 N–H and O–H groups in total. The Morgan fingerprint density at radius 1 is 1.35 bits per heavy atom. The number of ether oxygens (including phenoxy) is 1. The predicted octanol–water partition coefficient (Wildman–Crippen LogP) is 4.05. The summed E-state index contributed by atoms with van der Waals surface area (Å²) >= 11 is 5.96. The van der Waals surface area contributed by atoms with Gasteiger partial charge in [0.1, 0.15) is 5.75 Å². The molecule has 0 aliphatic heterocycles. The van der Waals surface area contributed by atoms with E-state index in [-0.39, 0.29) is 12.5 Å². The van der Waals surface area contributed by atoms with Crippen molar-refractivity contribution in [1.82, 2.24) is 5.32 Å². The zero-order chi connectivity index (χ0) is 14.8. The van der Waals surface area contributed by atoms with Crippen LogP contribution in [0.25, 0.3) is 0 Å². The van der Waals surface area contributed by atoms with Crippen molar-refractivity contribution in [3.8, 4) is 5.75 Å². The van der Waals surface area contributed by atoms with Gasteiger partial charge in [-0.15, -0.1) is 0 Å². The van der Waals surface area contributed by atoms with Crippen molar-refractivity contribution in [2.24, 2.45) is 5.92 Å². The van der Waals surface area contributed by atoms with Gasteiger partial charge in [-0.1, -0.05) is 56.8 Å². The second-order valence-corrected chi connectivity index (χ2v) is 5.35. The summed E-state index contributed by atoms with van der Waals surface area (Å²) in [6, 6.07) is 7.16. The topological polar surface area (TPSA) is 38.3 Å². The normalized spacial score (nSPS) is 11.9. The highest BCUT2D eigenvalue weighted by molar-refractivity contribution is 6.32. The Labute approximate surface area is 126 Å². The first kappa shape index (κ1) is 16.8. The predicted molar refractivity (Wildman–Crippen MR) is 83.3 cm³/mol. The van der Waals surface area contributed by atoms with Gasteiger partial charge in [0.15, 0.2) is 6.61 Å². The van der Waals surface area contributed by atoms with E-state index in [1.807, 2.05) is 12.1 Å². The van der Waals surface area contributed by atoms with Crippen molar-refractivity contribution in [3.63, 3.8) is 0 Å². The summed E-state index contributed by atoms with van der Waals surface area (Å²) in [4.78, 5) is 11.7. The van der Waals surface area contributed by atoms with Crippen LogP contribution in [0.3, 0.4) is 0 Å². The zero-order valence-electron chi connectivity index (χ0n) is 12.3. The highest BCUT2D eigenvalue weighted by atomic mass is 35.5. The van der Waals surface area contributed by atoms with E-state index in [9.17, 15) is 4.79 Å². The molecule has 112 valence electrons. The van der Waals surface area contributed by atoms with Gasteiger partial charge in [-0.2, -0.15) is 0 Å². The van der Waals surface area contributed by atoms with Gasteiger partial charge in [0, 0.05) is 6.54 Å². The average molecular weight is 298 g/mol. The van der Waals surface area contributed by atoms with E-state index in [1.165, 1.54) is 19.3 Å². The molecule has 0 radical (unpaired) electrons. The van der Waals surface area contributed by atoms with Gasteiger partial charge in [-0.3, -0.25) is 4.79 Å². The molecule has 1 aromatic rings. The van der Waals surface area contributed by atoms with Gasteiger partial charge in [-0.25, -0.2) is 0 Å². The Balaban J connectivity index is 2.28. The third-order valence-corrected chi connectivity index (χ3v) is 3.64. The number of carbonyl (C=O) groups is 1. The lowest BCUT2D eigenvalue weighted by atomic mass is 9.99. The summed E-state index contributed by atoms with van der Waals surface area (Å²) in [6.45, 7) is 5.07. The van der Waals surface area contributed by atoms with Gasteiger partial charge in [-0.05, 0) is 24.5 Å². The number of hydrogen-bond donors (Lipinski definition) is 1. The Morgan fingerprint density at radius 2 is 2.10 bits per heavy atom. The fraction of sp³-hybridized carbons (Fsp3) is 0.562. The van der Waals surface area contributed by atoms with E-state index in [1.54, 1.807) is 12.1 Å². The fourth-order valence-corrected chi connectivity index (χ4v) is 2.15. The van der Waals surface area contributed by atoms with E-state index < -0.39 is 0 Å². The Bertz CT molecular complexity index is 409. The van der Waals surface area contributed by atoms with Gasteiger partial charge >= 0.3 is 0 Å². The summed E-state index contributed by atoms with van der Waals surface area (Å²) in [6.07, 6.45) is 4.66. The number of hydrogen-bond acceptors (Lipinski definition) is 2. The van der Waals surface area contributed by atoms with Crippen LogP contribution < -0.4 is 10.1 Å². The van der Waals surface area contributed by atoms with Gasteiger partial charge in [0.25, 0.3) is 5.91 Å². The van der Waals surface area contributed by atoms with E-state index in [0.717, 1.165) is 13.0 Å². The molecule has 0 saturated carbocycles. The Hall–Kier alpha value is -1.22. The minimum Gasteiger partial charge on any atom is -0.482 e. The number of carbonyl (C=O) groups excluding carboxylic acids is 1. The number of unbranched alkanes of at least 4 members (excludes halogenated alkanes) is 1. The molecule has 0 aliphatic carbocycles. The maximum Gasteiger partial charge on any atom is 0.257 e. The molecular weight excluding hydrogens is 274 g/mol. The SMILES string of the molecule is CCCCC(CC)CNC(=O)COc1ccccc1Cl. The molecule has 1 amide bonds. The van der Waals surface area contributed by atoms with Gasteiger partial charge in [0.2, 0.25) is 0 Å². The number of rotatable bonds is 9. The van der Waals surface area contributed by atoms with Crippen LogP contribution in [0.1, 0.15) is 39.5 Å².